The van der Waals surface area contributed by atoms with E-state index in [1.54, 1.807) is 0 Å². The predicted molar refractivity (Wildman–Crippen MR) is 62.3 cm³/mol. The van der Waals surface area contributed by atoms with Gasteiger partial charge in [0.1, 0.15) is 0 Å². The molecule has 2 rings (SSSR count). The smallest absolute Gasteiger partial charge is 0.0161 e. The van der Waals surface area contributed by atoms with Gasteiger partial charge in [0.2, 0.25) is 0 Å². The van der Waals surface area contributed by atoms with Gasteiger partial charge in [0.25, 0.3) is 0 Å². The van der Waals surface area contributed by atoms with Gasteiger partial charge in [-0.2, -0.15) is 0 Å². The Labute approximate surface area is 86.7 Å². The van der Waals surface area contributed by atoms with E-state index in [4.69, 9.17) is 0 Å². The lowest BCUT2D eigenvalue weighted by Crippen LogP contribution is -1.93. The second kappa shape index (κ2) is 3.27. The molecule has 1 aromatic carbocycles. The van der Waals surface area contributed by atoms with Gasteiger partial charge in [-0.1, -0.05) is 37.6 Å². The minimum absolute atomic E-state index is 0.619. The maximum Gasteiger partial charge on any atom is 0.0161 e. The molecule has 1 radical (unpaired) electrons. The molecule has 0 saturated heterocycles. The Bertz CT molecular complexity index is 395. The van der Waals surface area contributed by atoms with Crippen molar-refractivity contribution in [1.29, 1.82) is 0 Å². The van der Waals surface area contributed by atoms with E-state index in [1.165, 1.54) is 27.8 Å². The summed E-state index contributed by atoms with van der Waals surface area (Å²) in [6, 6.07) is 4.63. The summed E-state index contributed by atoms with van der Waals surface area (Å²) in [6.07, 6.45) is 4.54. The van der Waals surface area contributed by atoms with Gasteiger partial charge in [-0.25, -0.2) is 0 Å². The zero-order chi connectivity index (χ0) is 10.3. The molecule has 0 unspecified atom stereocenters. The first kappa shape index (κ1) is 9.51. The molecule has 0 aromatic heterocycles. The Hall–Kier alpha value is -1.04. The fourth-order valence-electron chi connectivity index (χ4n) is 2.02. The minimum Gasteiger partial charge on any atom is -0.0643 e. The highest BCUT2D eigenvalue weighted by molar-refractivity contribution is 5.71. The first-order valence-electron chi connectivity index (χ1n) is 5.25. The van der Waals surface area contributed by atoms with E-state index < -0.39 is 0 Å². The number of fused-ring (bicyclic) bond motifs is 1. The predicted octanol–water partition coefficient (Wildman–Crippen LogP) is 4.09. The van der Waals surface area contributed by atoms with E-state index in [0.717, 1.165) is 0 Å². The van der Waals surface area contributed by atoms with Crippen molar-refractivity contribution in [3.05, 3.63) is 46.4 Å². The molecule has 0 bridgehead atoms. The average molecular weight is 185 g/mol. The molecule has 73 valence electrons. The van der Waals surface area contributed by atoms with Gasteiger partial charge in [-0.15, -0.1) is 0 Å². The first-order chi connectivity index (χ1) is 6.58. The molecule has 0 amide bonds. The van der Waals surface area contributed by atoms with Gasteiger partial charge in [-0.05, 0) is 42.0 Å². The Morgan fingerprint density at radius 1 is 1.07 bits per heavy atom. The van der Waals surface area contributed by atoms with Crippen LogP contribution in [0.5, 0.6) is 0 Å². The maximum atomic E-state index is 2.32. The summed E-state index contributed by atoms with van der Waals surface area (Å²) in [5.74, 6) is 0.619. The van der Waals surface area contributed by atoms with Crippen LogP contribution in [-0.2, 0) is 0 Å². The summed E-state index contributed by atoms with van der Waals surface area (Å²) in [4.78, 5) is 0. The third kappa shape index (κ3) is 1.50. The maximum absolute atomic E-state index is 2.32. The van der Waals surface area contributed by atoms with Gasteiger partial charge >= 0.3 is 0 Å². The summed E-state index contributed by atoms with van der Waals surface area (Å²) in [5, 5.41) is 0. The highest BCUT2D eigenvalue weighted by Crippen LogP contribution is 2.32. The third-order valence-corrected chi connectivity index (χ3v) is 2.86. The van der Waals surface area contributed by atoms with Crippen LogP contribution in [0, 0.1) is 13.3 Å². The molecule has 0 N–H and O–H groups in total. The standard InChI is InChI=1S/C14H17/c1-9(2)12-7-11(4)14-6-10(3)5-13(14)8-12/h5-9H,1-4H3. The van der Waals surface area contributed by atoms with Crippen molar-refractivity contribution in [2.45, 2.75) is 33.6 Å². The monoisotopic (exact) mass is 185 g/mol. The molecule has 0 aliphatic heterocycles. The van der Waals surface area contributed by atoms with Crippen LogP contribution in [0.3, 0.4) is 0 Å². The van der Waals surface area contributed by atoms with Crippen LogP contribution in [0.2, 0.25) is 0 Å². The molecule has 0 heteroatoms. The SMILES string of the molecule is CC1=Cc2c(C)cc(C(C)C)cc2[CH]1. The number of rotatable bonds is 1. The zero-order valence-corrected chi connectivity index (χ0v) is 9.39. The van der Waals surface area contributed by atoms with Crippen LogP contribution in [0.25, 0.3) is 6.08 Å². The quantitative estimate of drug-likeness (QED) is 0.618. The molecule has 0 saturated carbocycles. The van der Waals surface area contributed by atoms with Crippen molar-refractivity contribution in [2.24, 2.45) is 0 Å². The van der Waals surface area contributed by atoms with Gasteiger partial charge in [0.15, 0.2) is 0 Å². The van der Waals surface area contributed by atoms with Crippen molar-refractivity contribution in [3.8, 4) is 0 Å². The Kier molecular flexibility index (Phi) is 2.22. The van der Waals surface area contributed by atoms with Crippen LogP contribution in [0.15, 0.2) is 17.7 Å². The number of allylic oxidation sites excluding steroid dienone is 1. The van der Waals surface area contributed by atoms with Crippen LogP contribution < -0.4 is 0 Å². The van der Waals surface area contributed by atoms with Crippen LogP contribution >= 0.6 is 0 Å². The lowest BCUT2D eigenvalue weighted by molar-refractivity contribution is 0.863. The lowest BCUT2D eigenvalue weighted by atomic mass is 9.95. The normalized spacial score (nSPS) is 14.5. The van der Waals surface area contributed by atoms with Crippen molar-refractivity contribution >= 4 is 6.08 Å². The summed E-state index contributed by atoms with van der Waals surface area (Å²) < 4.78 is 0. The zero-order valence-electron chi connectivity index (χ0n) is 9.39. The molecular formula is C14H17. The Morgan fingerprint density at radius 2 is 1.79 bits per heavy atom. The number of hydrogen-bond acceptors (Lipinski definition) is 0. The van der Waals surface area contributed by atoms with Crippen molar-refractivity contribution in [2.75, 3.05) is 0 Å². The molecule has 0 fully saturated rings. The van der Waals surface area contributed by atoms with Gasteiger partial charge in [0, 0.05) is 6.42 Å². The van der Waals surface area contributed by atoms with E-state index in [-0.39, 0.29) is 0 Å². The number of hydrogen-bond donors (Lipinski definition) is 0. The minimum atomic E-state index is 0.619. The fourth-order valence-corrected chi connectivity index (χ4v) is 2.02. The Morgan fingerprint density at radius 3 is 2.43 bits per heavy atom. The van der Waals surface area contributed by atoms with Gasteiger partial charge in [0.05, 0.1) is 0 Å². The summed E-state index contributed by atoms with van der Waals surface area (Å²) in [6.45, 7) is 8.86. The van der Waals surface area contributed by atoms with Crippen LogP contribution in [-0.4, -0.2) is 0 Å². The van der Waals surface area contributed by atoms with Crippen molar-refractivity contribution < 1.29 is 0 Å². The highest BCUT2D eigenvalue weighted by Gasteiger charge is 2.14. The van der Waals surface area contributed by atoms with E-state index in [0.29, 0.717) is 5.92 Å². The summed E-state index contributed by atoms with van der Waals surface area (Å²) in [5.41, 5.74) is 7.02. The van der Waals surface area contributed by atoms with E-state index >= 15 is 0 Å². The highest BCUT2D eigenvalue weighted by atomic mass is 14.2. The number of aryl methyl sites for hydroxylation is 1. The third-order valence-electron chi connectivity index (χ3n) is 2.86. The molecule has 0 spiro atoms. The van der Waals surface area contributed by atoms with Gasteiger partial charge < -0.3 is 0 Å². The van der Waals surface area contributed by atoms with E-state index in [2.05, 4.69) is 52.3 Å². The Balaban J connectivity index is 2.51. The second-order valence-electron chi connectivity index (χ2n) is 4.53. The van der Waals surface area contributed by atoms with Crippen LogP contribution in [0.1, 0.15) is 48.9 Å². The molecule has 1 aliphatic carbocycles. The number of benzene rings is 1. The molecule has 0 heterocycles. The van der Waals surface area contributed by atoms with E-state index in [1.807, 2.05) is 0 Å². The first-order valence-corrected chi connectivity index (χ1v) is 5.25. The fraction of sp³-hybridized carbons (Fsp3) is 0.357. The van der Waals surface area contributed by atoms with E-state index in [9.17, 15) is 0 Å². The average Bonchev–Trinajstić information content (AvgIpc) is 2.45. The lowest BCUT2D eigenvalue weighted by Gasteiger charge is -2.10. The molecule has 14 heavy (non-hydrogen) atoms. The van der Waals surface area contributed by atoms with Crippen molar-refractivity contribution in [1.82, 2.24) is 0 Å². The van der Waals surface area contributed by atoms with Crippen molar-refractivity contribution in [3.63, 3.8) is 0 Å². The molecule has 1 aliphatic rings. The topological polar surface area (TPSA) is 0 Å². The molecule has 1 aromatic rings. The molecular weight excluding hydrogens is 168 g/mol. The molecule has 0 atom stereocenters. The molecule has 0 nitrogen and oxygen atoms in total. The van der Waals surface area contributed by atoms with Gasteiger partial charge in [-0.3, -0.25) is 0 Å². The second-order valence-corrected chi connectivity index (χ2v) is 4.53. The largest absolute Gasteiger partial charge is 0.0643 e. The summed E-state index contributed by atoms with van der Waals surface area (Å²) in [7, 11) is 0. The van der Waals surface area contributed by atoms with Crippen LogP contribution in [0.4, 0.5) is 0 Å². The summed E-state index contributed by atoms with van der Waals surface area (Å²) >= 11 is 0.